The van der Waals surface area contributed by atoms with Crippen LogP contribution in [0.5, 0.6) is 0 Å². The Hall–Kier alpha value is -2.35. The maximum atomic E-state index is 13.1. The molecule has 0 bridgehead atoms. The zero-order chi connectivity index (χ0) is 17.8. The van der Waals surface area contributed by atoms with Crippen molar-refractivity contribution in [3.05, 3.63) is 28.9 Å². The van der Waals surface area contributed by atoms with Gasteiger partial charge in [-0.15, -0.1) is 5.10 Å². The lowest BCUT2D eigenvalue weighted by Crippen LogP contribution is -2.37. The van der Waals surface area contributed by atoms with Gasteiger partial charge in [0, 0.05) is 36.9 Å². The second-order valence-corrected chi connectivity index (χ2v) is 7.03. The molecule has 2 aromatic heterocycles. The Labute approximate surface area is 145 Å². The topological polar surface area (TPSA) is 99.4 Å². The van der Waals surface area contributed by atoms with Crippen LogP contribution >= 0.6 is 0 Å². The Morgan fingerprint density at radius 3 is 2.88 bits per heavy atom. The molecule has 1 amide bonds. The van der Waals surface area contributed by atoms with E-state index < -0.39 is 5.41 Å². The van der Waals surface area contributed by atoms with Crippen LogP contribution in [-0.2, 0) is 16.7 Å². The van der Waals surface area contributed by atoms with E-state index >= 15 is 0 Å². The lowest BCUT2D eigenvalue weighted by Gasteiger charge is -2.22. The number of amides is 1. The van der Waals surface area contributed by atoms with Gasteiger partial charge < -0.3 is 24.4 Å². The van der Waals surface area contributed by atoms with Gasteiger partial charge in [0.2, 0.25) is 5.89 Å². The van der Waals surface area contributed by atoms with Crippen molar-refractivity contribution in [2.75, 3.05) is 32.0 Å². The smallest absolute Gasteiger partial charge is 0.312 e. The van der Waals surface area contributed by atoms with Crippen LogP contribution in [0.4, 0.5) is 6.01 Å². The molecule has 2 aliphatic rings. The van der Waals surface area contributed by atoms with Gasteiger partial charge in [-0.25, -0.2) is 0 Å². The van der Waals surface area contributed by atoms with E-state index in [1.807, 2.05) is 24.8 Å². The highest BCUT2D eigenvalue weighted by Gasteiger charge is 2.56. The van der Waals surface area contributed by atoms with E-state index in [0.29, 0.717) is 32.2 Å². The fourth-order valence-electron chi connectivity index (χ4n) is 4.30. The maximum absolute atomic E-state index is 13.1. The summed E-state index contributed by atoms with van der Waals surface area (Å²) in [5, 5.41) is 7.87. The van der Waals surface area contributed by atoms with Crippen molar-refractivity contribution in [2.45, 2.75) is 32.7 Å². The molecule has 2 N–H and O–H groups in total. The number of aromatic nitrogens is 3. The third kappa shape index (κ3) is 2.27. The maximum Gasteiger partial charge on any atom is 0.312 e. The number of likely N-dealkylation sites (tertiary alicyclic amines) is 1. The third-order valence-corrected chi connectivity index (χ3v) is 5.65. The summed E-state index contributed by atoms with van der Waals surface area (Å²) in [4.78, 5) is 15.0. The molecule has 2 atom stereocenters. The Morgan fingerprint density at radius 2 is 2.24 bits per heavy atom. The van der Waals surface area contributed by atoms with E-state index in [9.17, 15) is 4.79 Å². The van der Waals surface area contributed by atoms with Crippen molar-refractivity contribution in [1.29, 1.82) is 0 Å². The van der Waals surface area contributed by atoms with Crippen LogP contribution in [-0.4, -0.2) is 51.9 Å². The highest BCUT2D eigenvalue weighted by atomic mass is 16.5. The summed E-state index contributed by atoms with van der Waals surface area (Å²) in [6.07, 6.45) is 0. The van der Waals surface area contributed by atoms with Crippen LogP contribution in [0.2, 0.25) is 0 Å². The van der Waals surface area contributed by atoms with Gasteiger partial charge in [-0.05, 0) is 26.8 Å². The Morgan fingerprint density at radius 1 is 1.44 bits per heavy atom. The van der Waals surface area contributed by atoms with Gasteiger partial charge in [0.05, 0.1) is 24.2 Å². The summed E-state index contributed by atoms with van der Waals surface area (Å²) in [7, 11) is 0. The van der Waals surface area contributed by atoms with E-state index in [-0.39, 0.29) is 17.8 Å². The minimum Gasteiger partial charge on any atom is -0.407 e. The zero-order valence-electron chi connectivity index (χ0n) is 14.8. The molecule has 8 nitrogen and oxygen atoms in total. The molecular weight excluding hydrogens is 322 g/mol. The molecule has 4 heterocycles. The van der Waals surface area contributed by atoms with Crippen molar-refractivity contribution in [3.63, 3.8) is 0 Å². The van der Waals surface area contributed by atoms with Crippen molar-refractivity contribution in [1.82, 2.24) is 19.7 Å². The largest absolute Gasteiger partial charge is 0.407 e. The zero-order valence-corrected chi connectivity index (χ0v) is 14.8. The predicted molar refractivity (Wildman–Crippen MR) is 90.2 cm³/mol. The molecule has 2 fully saturated rings. The fourth-order valence-corrected chi connectivity index (χ4v) is 4.30. The minimum atomic E-state index is -0.448. The second-order valence-electron chi connectivity index (χ2n) is 7.03. The van der Waals surface area contributed by atoms with E-state index in [1.54, 1.807) is 0 Å². The van der Waals surface area contributed by atoms with Crippen LogP contribution < -0.4 is 5.73 Å². The summed E-state index contributed by atoms with van der Waals surface area (Å²) >= 11 is 0. The quantitative estimate of drug-likeness (QED) is 0.895. The number of nitrogens with two attached hydrogens (primary N) is 1. The highest BCUT2D eigenvalue weighted by Crippen LogP contribution is 2.44. The summed E-state index contributed by atoms with van der Waals surface area (Å²) in [6, 6.07) is 2.02. The number of nitrogens with zero attached hydrogens (tertiary/aromatic N) is 4. The molecule has 0 radical (unpaired) electrons. The van der Waals surface area contributed by atoms with Crippen molar-refractivity contribution < 1.29 is 13.9 Å². The molecule has 8 heteroatoms. The van der Waals surface area contributed by atoms with E-state index in [0.717, 1.165) is 23.5 Å². The summed E-state index contributed by atoms with van der Waals surface area (Å²) < 4.78 is 13.3. The van der Waals surface area contributed by atoms with Crippen molar-refractivity contribution in [3.8, 4) is 0 Å². The number of carbonyl (C=O) groups is 1. The predicted octanol–water partition coefficient (Wildman–Crippen LogP) is 1.13. The first-order chi connectivity index (χ1) is 12.0. The number of ether oxygens (including phenoxy) is 1. The number of hydrogen-bond donors (Lipinski definition) is 1. The molecule has 0 unspecified atom stereocenters. The molecule has 0 aromatic carbocycles. The van der Waals surface area contributed by atoms with Gasteiger partial charge in [0.1, 0.15) is 0 Å². The minimum absolute atomic E-state index is 0.0475. The second kappa shape index (κ2) is 5.59. The molecule has 4 rings (SSSR count). The van der Waals surface area contributed by atoms with Crippen molar-refractivity contribution >= 4 is 11.9 Å². The third-order valence-electron chi connectivity index (χ3n) is 5.65. The lowest BCUT2D eigenvalue weighted by molar-refractivity contribution is 0.0737. The first kappa shape index (κ1) is 16.1. The number of aryl methyl sites for hydroxylation is 1. The van der Waals surface area contributed by atoms with Gasteiger partial charge >= 0.3 is 6.01 Å². The Bertz CT molecular complexity index is 826. The Kier molecular flexibility index (Phi) is 3.61. The monoisotopic (exact) mass is 345 g/mol. The number of hydrogen-bond acceptors (Lipinski definition) is 6. The molecule has 0 saturated carbocycles. The number of anilines is 1. The molecule has 2 saturated heterocycles. The molecular formula is C17H23N5O3. The number of fused-ring (bicyclic) bond motifs is 1. The Balaban J connectivity index is 1.64. The van der Waals surface area contributed by atoms with Crippen LogP contribution in [0.25, 0.3) is 0 Å². The van der Waals surface area contributed by atoms with Crippen LogP contribution in [0, 0.1) is 19.8 Å². The van der Waals surface area contributed by atoms with Crippen LogP contribution in [0.1, 0.15) is 34.6 Å². The average molecular weight is 345 g/mol. The normalized spacial score (nSPS) is 25.6. The van der Waals surface area contributed by atoms with Gasteiger partial charge in [0.15, 0.2) is 0 Å². The van der Waals surface area contributed by atoms with Gasteiger partial charge in [0.25, 0.3) is 5.91 Å². The first-order valence-corrected chi connectivity index (χ1v) is 8.59. The average Bonchev–Trinajstić information content (AvgIpc) is 3.29. The summed E-state index contributed by atoms with van der Waals surface area (Å²) in [5.74, 6) is 0.668. The van der Waals surface area contributed by atoms with E-state index in [2.05, 4.69) is 21.7 Å². The van der Waals surface area contributed by atoms with Gasteiger partial charge in [-0.3, -0.25) is 4.79 Å². The molecule has 2 aromatic rings. The number of rotatable bonds is 3. The molecule has 25 heavy (non-hydrogen) atoms. The standard InChI is InChI=1S/C17H23N5O3/c1-4-22-10(2)5-13(11(22)3)14(23)21-6-12-7-24-9-17(12,8-21)15-19-20-16(18)25-15/h5,12H,4,6-9H2,1-3H3,(H2,18,20)/t12-,17-/m0/s1. The summed E-state index contributed by atoms with van der Waals surface area (Å²) in [6.45, 7) is 9.15. The highest BCUT2D eigenvalue weighted by molar-refractivity contribution is 5.96. The van der Waals surface area contributed by atoms with Crippen molar-refractivity contribution in [2.24, 2.45) is 5.92 Å². The molecule has 134 valence electrons. The van der Waals surface area contributed by atoms with E-state index in [4.69, 9.17) is 14.9 Å². The summed E-state index contributed by atoms with van der Waals surface area (Å²) in [5.41, 5.74) is 8.03. The number of nitrogen functional groups attached to an aromatic ring is 1. The molecule has 0 spiro atoms. The SMILES string of the molecule is CCn1c(C)cc(C(=O)N2C[C@H]3COC[C@@]3(c3nnc(N)o3)C2)c1C. The lowest BCUT2D eigenvalue weighted by atomic mass is 9.81. The van der Waals surface area contributed by atoms with Crippen LogP contribution in [0.15, 0.2) is 10.5 Å². The van der Waals surface area contributed by atoms with Gasteiger partial charge in [-0.2, -0.15) is 0 Å². The fraction of sp³-hybridized carbons (Fsp3) is 0.588. The van der Waals surface area contributed by atoms with Gasteiger partial charge in [-0.1, -0.05) is 5.10 Å². The van der Waals surface area contributed by atoms with E-state index in [1.165, 1.54) is 0 Å². The molecule has 2 aliphatic heterocycles. The number of carbonyl (C=O) groups excluding carboxylic acids is 1. The van der Waals surface area contributed by atoms with Crippen LogP contribution in [0.3, 0.4) is 0 Å². The first-order valence-electron chi connectivity index (χ1n) is 8.59. The molecule has 0 aliphatic carbocycles.